The fourth-order valence-electron chi connectivity index (χ4n) is 2.55. The molecule has 1 amide bonds. The highest BCUT2D eigenvalue weighted by atomic mass is 32.2. The van der Waals surface area contributed by atoms with E-state index in [4.69, 9.17) is 0 Å². The summed E-state index contributed by atoms with van der Waals surface area (Å²) in [5, 5.41) is 6.87. The fraction of sp³-hybridized carbons (Fsp3) is 0.211. The van der Waals surface area contributed by atoms with Crippen molar-refractivity contribution >= 4 is 38.6 Å². The second-order valence-corrected chi connectivity index (χ2v) is 9.66. The summed E-state index contributed by atoms with van der Waals surface area (Å²) >= 11 is 3.09. The average molecular weight is 421 g/mol. The fourth-order valence-corrected chi connectivity index (χ4v) is 5.16. The van der Waals surface area contributed by atoms with Crippen LogP contribution in [0.25, 0.3) is 0 Å². The van der Waals surface area contributed by atoms with Gasteiger partial charge >= 0.3 is 0 Å². The van der Waals surface area contributed by atoms with Crippen LogP contribution in [0.2, 0.25) is 0 Å². The van der Waals surface area contributed by atoms with Gasteiger partial charge in [-0.3, -0.25) is 4.79 Å². The van der Waals surface area contributed by atoms with Crippen LogP contribution >= 0.6 is 22.7 Å². The Labute approximate surface area is 167 Å². The zero-order valence-corrected chi connectivity index (χ0v) is 17.2. The summed E-state index contributed by atoms with van der Waals surface area (Å²) < 4.78 is 27.3. The zero-order chi connectivity index (χ0) is 19.3. The van der Waals surface area contributed by atoms with Crippen molar-refractivity contribution in [3.8, 4) is 0 Å². The number of hydrogen-bond acceptors (Lipinski definition) is 5. The van der Waals surface area contributed by atoms with Crippen LogP contribution in [0.4, 0.5) is 0 Å². The van der Waals surface area contributed by atoms with E-state index in [0.29, 0.717) is 5.56 Å². The Morgan fingerprint density at radius 1 is 1.04 bits per heavy atom. The first-order valence-electron chi connectivity index (χ1n) is 8.46. The molecule has 0 saturated heterocycles. The molecule has 27 heavy (non-hydrogen) atoms. The average Bonchev–Trinajstić information content (AvgIpc) is 3.38. The molecule has 0 aliphatic heterocycles. The van der Waals surface area contributed by atoms with Crippen molar-refractivity contribution in [3.63, 3.8) is 0 Å². The molecular weight excluding hydrogens is 400 g/mol. The van der Waals surface area contributed by atoms with Crippen molar-refractivity contribution in [1.29, 1.82) is 0 Å². The second kappa shape index (κ2) is 8.79. The highest BCUT2D eigenvalue weighted by molar-refractivity contribution is 7.89. The molecule has 1 aromatic carbocycles. The lowest BCUT2D eigenvalue weighted by Crippen LogP contribution is -2.27. The summed E-state index contributed by atoms with van der Waals surface area (Å²) in [5.74, 6) is -0.217. The van der Waals surface area contributed by atoms with Gasteiger partial charge in [0.2, 0.25) is 10.0 Å². The van der Waals surface area contributed by atoms with E-state index in [0.717, 1.165) is 16.2 Å². The Kier molecular flexibility index (Phi) is 6.43. The van der Waals surface area contributed by atoms with Crippen molar-refractivity contribution in [2.75, 3.05) is 0 Å². The molecule has 1 unspecified atom stereocenters. The van der Waals surface area contributed by atoms with E-state index in [1.54, 1.807) is 11.3 Å². The largest absolute Gasteiger partial charge is 0.344 e. The molecule has 8 heteroatoms. The summed E-state index contributed by atoms with van der Waals surface area (Å²) in [6, 6.07) is 13.6. The molecular formula is C19H20N2O3S3. The highest BCUT2D eigenvalue weighted by Gasteiger charge is 2.17. The first kappa shape index (κ1) is 19.8. The summed E-state index contributed by atoms with van der Waals surface area (Å²) in [4.78, 5) is 14.7. The van der Waals surface area contributed by atoms with E-state index in [9.17, 15) is 13.2 Å². The maximum Gasteiger partial charge on any atom is 0.251 e. The maximum absolute atomic E-state index is 12.5. The number of carbonyl (C=O) groups excluding carboxylic acids is 1. The number of amides is 1. The minimum atomic E-state index is -3.62. The van der Waals surface area contributed by atoms with Gasteiger partial charge in [-0.1, -0.05) is 19.1 Å². The lowest BCUT2D eigenvalue weighted by molar-refractivity contribution is 0.0936. The van der Waals surface area contributed by atoms with Crippen molar-refractivity contribution in [3.05, 3.63) is 74.6 Å². The molecule has 0 radical (unpaired) electrons. The van der Waals surface area contributed by atoms with Gasteiger partial charge in [0.25, 0.3) is 5.91 Å². The highest BCUT2D eigenvalue weighted by Crippen LogP contribution is 2.22. The lowest BCUT2D eigenvalue weighted by Gasteiger charge is -2.15. The van der Waals surface area contributed by atoms with Crippen LogP contribution in [-0.2, 0) is 16.6 Å². The topological polar surface area (TPSA) is 75.3 Å². The first-order chi connectivity index (χ1) is 13.0. The number of rotatable bonds is 8. The number of sulfonamides is 1. The number of benzene rings is 1. The quantitative estimate of drug-likeness (QED) is 0.574. The third-order valence-electron chi connectivity index (χ3n) is 4.04. The normalized spacial score (nSPS) is 12.6. The van der Waals surface area contributed by atoms with Gasteiger partial charge in [0.15, 0.2) is 0 Å². The minimum Gasteiger partial charge on any atom is -0.344 e. The van der Waals surface area contributed by atoms with Crippen molar-refractivity contribution in [2.45, 2.75) is 30.8 Å². The van der Waals surface area contributed by atoms with Gasteiger partial charge in [0.05, 0.1) is 10.9 Å². The van der Waals surface area contributed by atoms with Crippen LogP contribution in [0.1, 0.15) is 39.5 Å². The SMILES string of the molecule is CCC(NC(=O)c1ccc(S(=O)(=O)NCc2cccs2)cc1)c1cccs1. The summed E-state index contributed by atoms with van der Waals surface area (Å²) in [6.45, 7) is 2.26. The number of hydrogen-bond donors (Lipinski definition) is 2. The van der Waals surface area contributed by atoms with E-state index in [-0.39, 0.29) is 23.4 Å². The van der Waals surface area contributed by atoms with Crippen LogP contribution in [0, 0.1) is 0 Å². The molecule has 2 N–H and O–H groups in total. The van der Waals surface area contributed by atoms with Gasteiger partial charge in [0.1, 0.15) is 0 Å². The van der Waals surface area contributed by atoms with Crippen molar-refractivity contribution in [1.82, 2.24) is 10.0 Å². The molecule has 3 rings (SSSR count). The minimum absolute atomic E-state index is 0.0478. The maximum atomic E-state index is 12.5. The van der Waals surface area contributed by atoms with Crippen LogP contribution in [0.5, 0.6) is 0 Å². The zero-order valence-electron chi connectivity index (χ0n) is 14.7. The van der Waals surface area contributed by atoms with Crippen LogP contribution in [0.3, 0.4) is 0 Å². The van der Waals surface area contributed by atoms with Crippen molar-refractivity contribution < 1.29 is 13.2 Å². The van der Waals surface area contributed by atoms with Gasteiger partial charge in [-0.2, -0.15) is 0 Å². The van der Waals surface area contributed by atoms with Gasteiger partial charge in [-0.15, -0.1) is 22.7 Å². The molecule has 0 bridgehead atoms. The predicted octanol–water partition coefficient (Wildman–Crippen LogP) is 4.17. The van der Waals surface area contributed by atoms with Crippen LogP contribution in [-0.4, -0.2) is 14.3 Å². The van der Waals surface area contributed by atoms with Gasteiger partial charge in [-0.25, -0.2) is 13.1 Å². The number of carbonyl (C=O) groups is 1. The Bertz CT molecular complexity index is 964. The smallest absolute Gasteiger partial charge is 0.251 e. The Hall–Kier alpha value is -2.00. The summed E-state index contributed by atoms with van der Waals surface area (Å²) in [5.41, 5.74) is 0.433. The monoisotopic (exact) mass is 420 g/mol. The molecule has 3 aromatic rings. The Balaban J connectivity index is 1.66. The predicted molar refractivity (Wildman–Crippen MR) is 110 cm³/mol. The molecule has 5 nitrogen and oxygen atoms in total. The van der Waals surface area contributed by atoms with Gasteiger partial charge < -0.3 is 5.32 Å². The number of nitrogens with one attached hydrogen (secondary N) is 2. The van der Waals surface area contributed by atoms with Gasteiger partial charge in [-0.05, 0) is 53.6 Å². The molecule has 2 aromatic heterocycles. The molecule has 0 aliphatic carbocycles. The molecule has 142 valence electrons. The lowest BCUT2D eigenvalue weighted by atomic mass is 10.1. The Morgan fingerprint density at radius 2 is 1.74 bits per heavy atom. The molecule has 0 aliphatic rings. The summed E-state index contributed by atoms with van der Waals surface area (Å²) in [6.07, 6.45) is 0.783. The molecule has 0 saturated carbocycles. The number of thiophene rings is 2. The van der Waals surface area contributed by atoms with E-state index in [1.165, 1.54) is 35.6 Å². The van der Waals surface area contributed by atoms with Crippen LogP contribution < -0.4 is 10.0 Å². The first-order valence-corrected chi connectivity index (χ1v) is 11.7. The molecule has 0 spiro atoms. The molecule has 0 fully saturated rings. The van der Waals surface area contributed by atoms with Crippen LogP contribution in [0.15, 0.2) is 64.2 Å². The van der Waals surface area contributed by atoms with E-state index in [1.807, 2.05) is 41.9 Å². The molecule has 2 heterocycles. The summed E-state index contributed by atoms with van der Waals surface area (Å²) in [7, 11) is -3.62. The standard InChI is InChI=1S/C19H20N2O3S3/c1-2-17(18-6-4-12-26-18)21-19(22)14-7-9-16(10-8-14)27(23,24)20-13-15-5-3-11-25-15/h3-12,17,20H,2,13H2,1H3,(H,21,22). The van der Waals surface area contributed by atoms with Gasteiger partial charge in [0, 0.05) is 21.9 Å². The van der Waals surface area contributed by atoms with E-state index < -0.39 is 10.0 Å². The second-order valence-electron chi connectivity index (χ2n) is 5.88. The molecule has 1 atom stereocenters. The third-order valence-corrected chi connectivity index (χ3v) is 7.32. The van der Waals surface area contributed by atoms with E-state index >= 15 is 0 Å². The van der Waals surface area contributed by atoms with Crippen molar-refractivity contribution in [2.24, 2.45) is 0 Å². The third kappa shape index (κ3) is 5.04. The van der Waals surface area contributed by atoms with E-state index in [2.05, 4.69) is 10.0 Å². The Morgan fingerprint density at radius 3 is 2.33 bits per heavy atom.